The molecule has 1 unspecified atom stereocenters. The second kappa shape index (κ2) is 6.60. The Morgan fingerprint density at radius 2 is 1.92 bits per heavy atom. The number of aliphatic hydroxyl groups is 1. The molecule has 1 saturated heterocycles. The van der Waals surface area contributed by atoms with Crippen molar-refractivity contribution in [2.75, 3.05) is 13.1 Å². The van der Waals surface area contributed by atoms with Gasteiger partial charge in [-0.25, -0.2) is 9.07 Å². The van der Waals surface area contributed by atoms with Crippen molar-refractivity contribution in [2.45, 2.75) is 25.9 Å². The molecular formula is C17H20FN3O3. The number of nitrogens with zero attached hydrogens (tertiary/aromatic N) is 3. The fourth-order valence-corrected chi connectivity index (χ4v) is 2.98. The fourth-order valence-electron chi connectivity index (χ4n) is 2.98. The van der Waals surface area contributed by atoms with Gasteiger partial charge in [0.05, 0.1) is 18.0 Å². The number of rotatable bonds is 3. The molecule has 1 aromatic heterocycles. The van der Waals surface area contributed by atoms with E-state index in [-0.39, 0.29) is 35.2 Å². The SMILES string of the molecule is CC(O)C1CCN(C(=O)c2nn(-c3ccc(F)cc3)cc2O)CC1. The molecule has 0 saturated carbocycles. The van der Waals surface area contributed by atoms with E-state index in [1.54, 1.807) is 11.8 Å². The van der Waals surface area contributed by atoms with Crippen LogP contribution in [0.1, 0.15) is 30.3 Å². The van der Waals surface area contributed by atoms with Crippen molar-refractivity contribution < 1.29 is 19.4 Å². The Labute approximate surface area is 139 Å². The first-order valence-corrected chi connectivity index (χ1v) is 7.97. The molecule has 2 N–H and O–H groups in total. The topological polar surface area (TPSA) is 78.6 Å². The molecule has 1 aromatic carbocycles. The zero-order valence-electron chi connectivity index (χ0n) is 13.4. The summed E-state index contributed by atoms with van der Waals surface area (Å²) in [6.45, 7) is 2.81. The number of hydrogen-bond acceptors (Lipinski definition) is 4. The third kappa shape index (κ3) is 3.26. The predicted molar refractivity (Wildman–Crippen MR) is 85.5 cm³/mol. The van der Waals surface area contributed by atoms with Gasteiger partial charge in [-0.15, -0.1) is 0 Å². The molecule has 0 aliphatic carbocycles. The van der Waals surface area contributed by atoms with E-state index in [0.29, 0.717) is 18.8 Å². The van der Waals surface area contributed by atoms with Crippen molar-refractivity contribution in [1.29, 1.82) is 0 Å². The molecule has 7 heteroatoms. The predicted octanol–water partition coefficient (Wildman–Crippen LogP) is 1.95. The molecule has 0 spiro atoms. The third-order valence-electron chi connectivity index (χ3n) is 4.50. The number of benzene rings is 1. The van der Waals surface area contributed by atoms with Crippen molar-refractivity contribution >= 4 is 5.91 Å². The summed E-state index contributed by atoms with van der Waals surface area (Å²) in [5.74, 6) is -0.716. The molecule has 3 rings (SSSR count). The number of likely N-dealkylation sites (tertiary alicyclic amines) is 1. The van der Waals surface area contributed by atoms with Gasteiger partial charge < -0.3 is 15.1 Å². The summed E-state index contributed by atoms with van der Waals surface area (Å²) in [6.07, 6.45) is 2.41. The summed E-state index contributed by atoms with van der Waals surface area (Å²) in [5.41, 5.74) is 0.536. The van der Waals surface area contributed by atoms with Crippen LogP contribution < -0.4 is 0 Å². The van der Waals surface area contributed by atoms with Crippen molar-refractivity contribution in [2.24, 2.45) is 5.92 Å². The standard InChI is InChI=1S/C17H20FN3O3/c1-11(22)12-6-8-20(9-7-12)17(24)16-15(23)10-21(19-16)14-4-2-13(18)3-5-14/h2-5,10-12,22-23H,6-9H2,1H3. The lowest BCUT2D eigenvalue weighted by molar-refractivity contribution is 0.0514. The van der Waals surface area contributed by atoms with Crippen LogP contribution >= 0.6 is 0 Å². The summed E-state index contributed by atoms with van der Waals surface area (Å²) in [5, 5.41) is 23.8. The average Bonchev–Trinajstić information content (AvgIpc) is 2.96. The largest absolute Gasteiger partial charge is 0.504 e. The molecule has 1 aliphatic heterocycles. The highest BCUT2D eigenvalue weighted by Gasteiger charge is 2.29. The molecule has 6 nitrogen and oxygen atoms in total. The minimum Gasteiger partial charge on any atom is -0.504 e. The summed E-state index contributed by atoms with van der Waals surface area (Å²) in [7, 11) is 0. The van der Waals surface area contributed by atoms with Gasteiger partial charge in [-0.3, -0.25) is 4.79 Å². The molecule has 128 valence electrons. The van der Waals surface area contributed by atoms with Crippen LogP contribution in [0.5, 0.6) is 5.75 Å². The summed E-state index contributed by atoms with van der Waals surface area (Å²) in [4.78, 5) is 14.2. The van der Waals surface area contributed by atoms with E-state index in [1.807, 2.05) is 0 Å². The van der Waals surface area contributed by atoms with E-state index in [9.17, 15) is 19.4 Å². The Hall–Kier alpha value is -2.41. The molecule has 1 aliphatic rings. The van der Waals surface area contributed by atoms with Gasteiger partial charge >= 0.3 is 0 Å². The Bertz CT molecular complexity index is 719. The third-order valence-corrected chi connectivity index (χ3v) is 4.50. The number of piperidine rings is 1. The zero-order chi connectivity index (χ0) is 17.3. The summed E-state index contributed by atoms with van der Waals surface area (Å²) in [6, 6.07) is 5.61. The summed E-state index contributed by atoms with van der Waals surface area (Å²) >= 11 is 0. The van der Waals surface area contributed by atoms with Gasteiger partial charge in [0.15, 0.2) is 11.4 Å². The Morgan fingerprint density at radius 1 is 1.29 bits per heavy atom. The van der Waals surface area contributed by atoms with Gasteiger partial charge in [0, 0.05) is 13.1 Å². The van der Waals surface area contributed by atoms with E-state index in [0.717, 1.165) is 12.8 Å². The van der Waals surface area contributed by atoms with Crippen LogP contribution in [0.4, 0.5) is 4.39 Å². The number of carbonyl (C=O) groups is 1. The number of aromatic nitrogens is 2. The number of amides is 1. The zero-order valence-corrected chi connectivity index (χ0v) is 13.4. The molecule has 1 fully saturated rings. The maximum atomic E-state index is 13.0. The minimum absolute atomic E-state index is 0.0187. The maximum Gasteiger partial charge on any atom is 0.278 e. The fraction of sp³-hybridized carbons (Fsp3) is 0.412. The van der Waals surface area contributed by atoms with Crippen LogP contribution in [0.2, 0.25) is 0 Å². The number of aromatic hydroxyl groups is 1. The number of carbonyl (C=O) groups excluding carboxylic acids is 1. The first kappa shape index (κ1) is 16.4. The monoisotopic (exact) mass is 333 g/mol. The second-order valence-corrected chi connectivity index (χ2v) is 6.15. The van der Waals surface area contributed by atoms with Gasteiger partial charge in [0.2, 0.25) is 0 Å². The first-order valence-electron chi connectivity index (χ1n) is 7.97. The maximum absolute atomic E-state index is 13.0. The lowest BCUT2D eigenvalue weighted by Gasteiger charge is -2.32. The van der Waals surface area contributed by atoms with Crippen LogP contribution in [-0.4, -0.2) is 50.0 Å². The number of aliphatic hydroxyl groups excluding tert-OH is 1. The molecule has 1 atom stereocenters. The average molecular weight is 333 g/mol. The van der Waals surface area contributed by atoms with E-state index < -0.39 is 0 Å². The first-order chi connectivity index (χ1) is 11.5. The van der Waals surface area contributed by atoms with E-state index >= 15 is 0 Å². The van der Waals surface area contributed by atoms with Crippen LogP contribution in [0.3, 0.4) is 0 Å². The van der Waals surface area contributed by atoms with Crippen molar-refractivity contribution in [1.82, 2.24) is 14.7 Å². The van der Waals surface area contributed by atoms with Crippen molar-refractivity contribution in [3.05, 3.63) is 42.0 Å². The van der Waals surface area contributed by atoms with Crippen molar-refractivity contribution in [3.8, 4) is 11.4 Å². The van der Waals surface area contributed by atoms with Crippen LogP contribution in [0, 0.1) is 11.7 Å². The van der Waals surface area contributed by atoms with Crippen LogP contribution in [0.25, 0.3) is 5.69 Å². The molecule has 24 heavy (non-hydrogen) atoms. The van der Waals surface area contributed by atoms with E-state index in [2.05, 4.69) is 5.10 Å². The Balaban J connectivity index is 1.75. The Kier molecular flexibility index (Phi) is 4.53. The van der Waals surface area contributed by atoms with E-state index in [4.69, 9.17) is 0 Å². The van der Waals surface area contributed by atoms with E-state index in [1.165, 1.54) is 35.1 Å². The highest BCUT2D eigenvalue weighted by molar-refractivity contribution is 5.94. The highest BCUT2D eigenvalue weighted by atomic mass is 19.1. The van der Waals surface area contributed by atoms with Gasteiger partial charge in [0.1, 0.15) is 5.82 Å². The minimum atomic E-state index is -0.381. The van der Waals surface area contributed by atoms with Gasteiger partial charge in [0.25, 0.3) is 5.91 Å². The van der Waals surface area contributed by atoms with Crippen LogP contribution in [-0.2, 0) is 0 Å². The second-order valence-electron chi connectivity index (χ2n) is 6.15. The van der Waals surface area contributed by atoms with Gasteiger partial charge in [-0.2, -0.15) is 5.10 Å². The molecule has 2 heterocycles. The molecule has 2 aromatic rings. The van der Waals surface area contributed by atoms with Gasteiger partial charge in [-0.05, 0) is 49.9 Å². The molecule has 0 bridgehead atoms. The highest BCUT2D eigenvalue weighted by Crippen LogP contribution is 2.25. The molecular weight excluding hydrogens is 313 g/mol. The van der Waals surface area contributed by atoms with Gasteiger partial charge in [-0.1, -0.05) is 0 Å². The van der Waals surface area contributed by atoms with Crippen molar-refractivity contribution in [3.63, 3.8) is 0 Å². The Morgan fingerprint density at radius 3 is 2.50 bits per heavy atom. The number of halogens is 1. The van der Waals surface area contributed by atoms with Crippen LogP contribution in [0.15, 0.2) is 30.5 Å². The quantitative estimate of drug-likeness (QED) is 0.900. The summed E-state index contributed by atoms with van der Waals surface area (Å²) < 4.78 is 14.3. The molecule has 0 radical (unpaired) electrons. The normalized spacial score (nSPS) is 17.0. The number of hydrogen-bond donors (Lipinski definition) is 2. The molecule has 1 amide bonds. The lowest BCUT2D eigenvalue weighted by Crippen LogP contribution is -2.41. The smallest absolute Gasteiger partial charge is 0.278 e. The lowest BCUT2D eigenvalue weighted by atomic mass is 9.92.